The molecule has 2 N–H and O–H groups in total. The number of hydrogen-bond donors (Lipinski definition) is 2. The number of nitrogens with zero attached hydrogens (tertiary/aromatic N) is 3. The Morgan fingerprint density at radius 2 is 2.19 bits per heavy atom. The van der Waals surface area contributed by atoms with Crippen molar-refractivity contribution < 1.29 is 17.6 Å². The lowest BCUT2D eigenvalue weighted by atomic mass is 10.2. The molecule has 0 radical (unpaired) electrons. The van der Waals surface area contributed by atoms with Crippen LogP contribution in [-0.2, 0) is 16.6 Å². The number of sulfonamides is 1. The molecular weight excluding hydrogens is 361 g/mol. The topological polar surface area (TPSA) is 96.3 Å². The molecule has 26 heavy (non-hydrogen) atoms. The summed E-state index contributed by atoms with van der Waals surface area (Å²) in [6.45, 7) is 1.47. The molecule has 3 rings (SSSR count). The van der Waals surface area contributed by atoms with E-state index in [2.05, 4.69) is 15.6 Å². The molecule has 1 aliphatic heterocycles. The zero-order valence-electron chi connectivity index (χ0n) is 14.1. The van der Waals surface area contributed by atoms with Gasteiger partial charge in [0.15, 0.2) is 0 Å². The van der Waals surface area contributed by atoms with Crippen molar-refractivity contribution in [3.8, 4) is 0 Å². The number of benzene rings is 1. The largest absolute Gasteiger partial charge is 0.338 e. The summed E-state index contributed by atoms with van der Waals surface area (Å²) in [6.07, 6.45) is 6.41. The molecule has 1 fully saturated rings. The van der Waals surface area contributed by atoms with E-state index < -0.39 is 21.9 Å². The van der Waals surface area contributed by atoms with Gasteiger partial charge in [0, 0.05) is 32.0 Å². The van der Waals surface area contributed by atoms with Gasteiger partial charge < -0.3 is 15.2 Å². The Morgan fingerprint density at radius 3 is 2.88 bits per heavy atom. The zero-order valence-corrected chi connectivity index (χ0v) is 14.9. The fraction of sp³-hybridized carbons (Fsp3) is 0.375. The van der Waals surface area contributed by atoms with Crippen LogP contribution in [0.2, 0.25) is 0 Å². The minimum absolute atomic E-state index is 0.0586. The standard InChI is InChI=1S/C16H20FN5O3S/c17-14-4-3-13(22-8-2-10-26(22,24)25)11-15(14)20-16(23)19-5-1-7-21-9-6-18-12-21/h3-4,6,9,11-12H,1-2,5,7-8,10H2,(H2,19,20,23). The van der Waals surface area contributed by atoms with Gasteiger partial charge in [-0.1, -0.05) is 0 Å². The normalized spacial score (nSPS) is 15.8. The predicted molar refractivity (Wildman–Crippen MR) is 96.0 cm³/mol. The van der Waals surface area contributed by atoms with Gasteiger partial charge in [0.1, 0.15) is 5.82 Å². The monoisotopic (exact) mass is 381 g/mol. The summed E-state index contributed by atoms with van der Waals surface area (Å²) in [4.78, 5) is 15.9. The van der Waals surface area contributed by atoms with Gasteiger partial charge in [0.2, 0.25) is 10.0 Å². The van der Waals surface area contributed by atoms with Gasteiger partial charge in [-0.3, -0.25) is 4.31 Å². The molecule has 0 aliphatic carbocycles. The van der Waals surface area contributed by atoms with Crippen molar-refractivity contribution >= 4 is 27.4 Å². The number of hydrogen-bond acceptors (Lipinski definition) is 4. The van der Waals surface area contributed by atoms with E-state index in [1.807, 2.05) is 10.8 Å². The van der Waals surface area contributed by atoms with E-state index in [1.165, 1.54) is 16.4 Å². The molecule has 2 aromatic rings. The molecule has 0 bridgehead atoms. The molecular formula is C16H20FN5O3S. The first-order valence-corrected chi connectivity index (χ1v) is 9.87. The summed E-state index contributed by atoms with van der Waals surface area (Å²) in [5.74, 6) is -0.552. The third-order valence-corrected chi connectivity index (χ3v) is 5.89. The number of nitrogens with one attached hydrogen (secondary N) is 2. The zero-order chi connectivity index (χ0) is 18.6. The number of urea groups is 1. The number of aromatic nitrogens is 2. The summed E-state index contributed by atoms with van der Waals surface area (Å²) in [5.41, 5.74) is 0.288. The van der Waals surface area contributed by atoms with E-state index in [4.69, 9.17) is 0 Å². The molecule has 8 nitrogen and oxygen atoms in total. The van der Waals surface area contributed by atoms with Crippen molar-refractivity contribution in [2.24, 2.45) is 0 Å². The second-order valence-corrected chi connectivity index (χ2v) is 7.95. The first-order chi connectivity index (χ1) is 12.5. The Kier molecular flexibility index (Phi) is 5.40. The fourth-order valence-corrected chi connectivity index (χ4v) is 4.30. The summed E-state index contributed by atoms with van der Waals surface area (Å²) < 4.78 is 41.0. The van der Waals surface area contributed by atoms with E-state index in [9.17, 15) is 17.6 Å². The van der Waals surface area contributed by atoms with Crippen LogP contribution in [0.5, 0.6) is 0 Å². The van der Waals surface area contributed by atoms with Gasteiger partial charge in [-0.15, -0.1) is 0 Å². The summed E-state index contributed by atoms with van der Waals surface area (Å²) in [7, 11) is -3.36. The van der Waals surface area contributed by atoms with Crippen LogP contribution < -0.4 is 14.9 Å². The molecule has 2 amide bonds. The first-order valence-electron chi connectivity index (χ1n) is 8.26. The van der Waals surface area contributed by atoms with Crippen molar-refractivity contribution in [2.45, 2.75) is 19.4 Å². The van der Waals surface area contributed by atoms with Gasteiger partial charge in [-0.05, 0) is 31.0 Å². The highest BCUT2D eigenvalue weighted by Crippen LogP contribution is 2.28. The minimum Gasteiger partial charge on any atom is -0.338 e. The van der Waals surface area contributed by atoms with Crippen LogP contribution >= 0.6 is 0 Å². The van der Waals surface area contributed by atoms with E-state index in [1.54, 1.807) is 12.5 Å². The molecule has 0 atom stereocenters. The van der Waals surface area contributed by atoms with Crippen LogP contribution in [0.25, 0.3) is 0 Å². The maximum absolute atomic E-state index is 14.0. The van der Waals surface area contributed by atoms with Gasteiger partial charge in [0.25, 0.3) is 0 Å². The molecule has 0 spiro atoms. The van der Waals surface area contributed by atoms with Crippen LogP contribution in [0.1, 0.15) is 12.8 Å². The molecule has 140 valence electrons. The number of imidazole rings is 1. The third-order valence-electron chi connectivity index (χ3n) is 4.02. The summed E-state index contributed by atoms with van der Waals surface area (Å²) >= 11 is 0. The van der Waals surface area contributed by atoms with Gasteiger partial charge in [-0.2, -0.15) is 0 Å². The number of rotatable bonds is 6. The SMILES string of the molecule is O=C(NCCCn1ccnc1)Nc1cc(N2CCCS2(=O)=O)ccc1F. The smallest absolute Gasteiger partial charge is 0.319 e. The van der Waals surface area contributed by atoms with Gasteiger partial charge in [-0.25, -0.2) is 22.6 Å². The molecule has 10 heteroatoms. The van der Waals surface area contributed by atoms with Crippen LogP contribution in [0.15, 0.2) is 36.9 Å². The minimum atomic E-state index is -3.36. The van der Waals surface area contributed by atoms with Crippen molar-refractivity contribution in [2.75, 3.05) is 28.5 Å². The molecule has 0 saturated carbocycles. The number of carbonyl (C=O) groups excluding carboxylic acids is 1. The van der Waals surface area contributed by atoms with Gasteiger partial charge >= 0.3 is 6.03 Å². The van der Waals surface area contributed by atoms with E-state index in [0.717, 1.165) is 6.07 Å². The number of anilines is 2. The average molecular weight is 381 g/mol. The third kappa shape index (κ3) is 4.31. The molecule has 1 saturated heterocycles. The van der Waals surface area contributed by atoms with E-state index >= 15 is 0 Å². The highest BCUT2D eigenvalue weighted by atomic mass is 32.2. The van der Waals surface area contributed by atoms with Crippen molar-refractivity contribution in [3.05, 3.63) is 42.7 Å². The van der Waals surface area contributed by atoms with E-state index in [-0.39, 0.29) is 11.4 Å². The molecule has 0 unspecified atom stereocenters. The second kappa shape index (κ2) is 7.73. The van der Waals surface area contributed by atoms with Crippen LogP contribution in [-0.4, -0.2) is 42.8 Å². The number of amides is 2. The Hall–Kier alpha value is -2.62. The Morgan fingerprint density at radius 1 is 1.35 bits per heavy atom. The average Bonchev–Trinajstić information content (AvgIpc) is 3.23. The number of aryl methyl sites for hydroxylation is 1. The lowest BCUT2D eigenvalue weighted by Gasteiger charge is -2.18. The predicted octanol–water partition coefficient (Wildman–Crippen LogP) is 1.77. The van der Waals surface area contributed by atoms with Crippen molar-refractivity contribution in [3.63, 3.8) is 0 Å². The van der Waals surface area contributed by atoms with E-state index in [0.29, 0.717) is 38.2 Å². The maximum Gasteiger partial charge on any atom is 0.319 e. The molecule has 2 heterocycles. The summed E-state index contributed by atoms with van der Waals surface area (Å²) in [5, 5.41) is 5.07. The first kappa shape index (κ1) is 18.2. The molecule has 1 aliphatic rings. The summed E-state index contributed by atoms with van der Waals surface area (Å²) in [6, 6.07) is 3.34. The van der Waals surface area contributed by atoms with Crippen LogP contribution in [0.4, 0.5) is 20.6 Å². The molecule has 1 aromatic carbocycles. The van der Waals surface area contributed by atoms with Crippen molar-refractivity contribution in [1.29, 1.82) is 0 Å². The Balaban J connectivity index is 1.56. The molecule has 1 aromatic heterocycles. The van der Waals surface area contributed by atoms with Crippen molar-refractivity contribution in [1.82, 2.24) is 14.9 Å². The highest BCUT2D eigenvalue weighted by Gasteiger charge is 2.28. The fourth-order valence-electron chi connectivity index (χ4n) is 2.74. The second-order valence-electron chi connectivity index (χ2n) is 5.94. The maximum atomic E-state index is 14.0. The quantitative estimate of drug-likeness (QED) is 0.746. The highest BCUT2D eigenvalue weighted by molar-refractivity contribution is 7.93. The van der Waals surface area contributed by atoms with Crippen LogP contribution in [0, 0.1) is 5.82 Å². The Bertz CT molecular complexity index is 870. The van der Waals surface area contributed by atoms with Crippen LogP contribution in [0.3, 0.4) is 0 Å². The Labute approximate surface area is 151 Å². The number of halogens is 1. The lowest BCUT2D eigenvalue weighted by Crippen LogP contribution is -2.30. The van der Waals surface area contributed by atoms with Gasteiger partial charge in [0.05, 0.1) is 23.5 Å². The number of carbonyl (C=O) groups is 1. The lowest BCUT2D eigenvalue weighted by molar-refractivity contribution is 0.251.